The third kappa shape index (κ3) is 6.89. The number of ether oxygens (including phenoxy) is 1. The van der Waals surface area contributed by atoms with Crippen LogP contribution in [0.15, 0.2) is 24.3 Å². The van der Waals surface area contributed by atoms with E-state index < -0.39 is 0 Å². The highest BCUT2D eigenvalue weighted by atomic mass is 35.5. The van der Waals surface area contributed by atoms with E-state index in [0.29, 0.717) is 49.9 Å². The van der Waals surface area contributed by atoms with Gasteiger partial charge in [0.1, 0.15) is 5.75 Å². The molecule has 0 atom stereocenters. The van der Waals surface area contributed by atoms with Gasteiger partial charge in [0.2, 0.25) is 11.8 Å². The molecule has 0 aromatic heterocycles. The van der Waals surface area contributed by atoms with Crippen molar-refractivity contribution in [2.45, 2.75) is 38.5 Å². The minimum Gasteiger partial charge on any atom is -0.492 e. The number of para-hydroxylation sites is 1. The van der Waals surface area contributed by atoms with Crippen LogP contribution in [-0.2, 0) is 9.59 Å². The predicted octanol–water partition coefficient (Wildman–Crippen LogP) is 3.05. The van der Waals surface area contributed by atoms with Crippen molar-refractivity contribution in [3.05, 3.63) is 29.3 Å². The molecule has 0 spiro atoms. The number of piperazine rings is 1. The van der Waals surface area contributed by atoms with Crippen LogP contribution in [-0.4, -0.2) is 78.9 Å². The van der Waals surface area contributed by atoms with Crippen molar-refractivity contribution in [3.8, 4) is 5.75 Å². The molecule has 1 aromatic rings. The summed E-state index contributed by atoms with van der Waals surface area (Å²) in [5.41, 5.74) is 0. The van der Waals surface area contributed by atoms with Gasteiger partial charge in [-0.1, -0.05) is 36.6 Å². The largest absolute Gasteiger partial charge is 0.492 e. The van der Waals surface area contributed by atoms with Gasteiger partial charge < -0.3 is 14.5 Å². The average molecular weight is 422 g/mol. The molecule has 6 nitrogen and oxygen atoms in total. The average Bonchev–Trinajstić information content (AvgIpc) is 3.02. The number of benzene rings is 1. The number of carbonyl (C=O) groups excluding carboxylic acids is 2. The molecule has 7 heteroatoms. The van der Waals surface area contributed by atoms with E-state index in [1.807, 2.05) is 28.0 Å². The highest BCUT2D eigenvalue weighted by molar-refractivity contribution is 6.32. The van der Waals surface area contributed by atoms with Gasteiger partial charge in [0.05, 0.1) is 18.2 Å². The van der Waals surface area contributed by atoms with Gasteiger partial charge in [-0.05, 0) is 31.4 Å². The Morgan fingerprint density at radius 3 is 2.21 bits per heavy atom. The molecule has 2 heterocycles. The zero-order valence-corrected chi connectivity index (χ0v) is 17.9. The third-order valence-electron chi connectivity index (χ3n) is 5.67. The molecule has 0 radical (unpaired) electrons. The molecule has 0 N–H and O–H groups in total. The summed E-state index contributed by atoms with van der Waals surface area (Å²) in [6, 6.07) is 7.36. The van der Waals surface area contributed by atoms with Crippen molar-refractivity contribution in [1.82, 2.24) is 14.7 Å². The lowest BCUT2D eigenvalue weighted by Crippen LogP contribution is -2.51. The monoisotopic (exact) mass is 421 g/mol. The summed E-state index contributed by atoms with van der Waals surface area (Å²) in [6.07, 6.45) is 5.83. The Kier molecular flexibility index (Phi) is 8.62. The van der Waals surface area contributed by atoms with E-state index in [1.54, 1.807) is 6.07 Å². The number of carbonyl (C=O) groups is 2. The summed E-state index contributed by atoms with van der Waals surface area (Å²) < 4.78 is 5.65. The molecule has 2 fully saturated rings. The van der Waals surface area contributed by atoms with Gasteiger partial charge in [-0.15, -0.1) is 0 Å². The summed E-state index contributed by atoms with van der Waals surface area (Å²) in [6.45, 7) is 5.66. The quantitative estimate of drug-likeness (QED) is 0.635. The van der Waals surface area contributed by atoms with Gasteiger partial charge in [-0.25, -0.2) is 0 Å². The summed E-state index contributed by atoms with van der Waals surface area (Å²) in [4.78, 5) is 31.1. The Morgan fingerprint density at radius 1 is 0.862 bits per heavy atom. The Hall–Kier alpha value is -1.79. The fourth-order valence-corrected chi connectivity index (χ4v) is 4.08. The van der Waals surface area contributed by atoms with Gasteiger partial charge >= 0.3 is 0 Å². The van der Waals surface area contributed by atoms with E-state index in [4.69, 9.17) is 16.3 Å². The van der Waals surface area contributed by atoms with Crippen LogP contribution in [0.3, 0.4) is 0 Å². The predicted molar refractivity (Wildman–Crippen MR) is 114 cm³/mol. The minimum atomic E-state index is 0.159. The van der Waals surface area contributed by atoms with Crippen molar-refractivity contribution in [1.29, 1.82) is 0 Å². The van der Waals surface area contributed by atoms with E-state index >= 15 is 0 Å². The zero-order chi connectivity index (χ0) is 20.5. The molecule has 0 aliphatic carbocycles. The van der Waals surface area contributed by atoms with Crippen LogP contribution in [0.2, 0.25) is 5.02 Å². The first kappa shape index (κ1) is 21.9. The molecule has 1 aromatic carbocycles. The maximum Gasteiger partial charge on any atom is 0.236 e. The lowest BCUT2D eigenvalue weighted by molar-refractivity contribution is -0.135. The molecule has 2 saturated heterocycles. The molecule has 160 valence electrons. The maximum atomic E-state index is 12.5. The normalized spacial score (nSPS) is 18.4. The number of nitrogens with zero attached hydrogens (tertiary/aromatic N) is 3. The number of likely N-dealkylation sites (tertiary alicyclic amines) is 1. The lowest BCUT2D eigenvalue weighted by Gasteiger charge is -2.35. The summed E-state index contributed by atoms with van der Waals surface area (Å²) in [7, 11) is 0. The van der Waals surface area contributed by atoms with E-state index in [2.05, 4.69) is 4.90 Å². The van der Waals surface area contributed by atoms with Crippen LogP contribution in [0.5, 0.6) is 5.75 Å². The second kappa shape index (κ2) is 11.4. The molecule has 0 bridgehead atoms. The van der Waals surface area contributed by atoms with E-state index in [9.17, 15) is 9.59 Å². The molecule has 3 rings (SSSR count). The molecule has 2 aliphatic rings. The molecule has 0 unspecified atom stereocenters. The van der Waals surface area contributed by atoms with Crippen molar-refractivity contribution >= 4 is 23.4 Å². The van der Waals surface area contributed by atoms with Gasteiger partial charge in [-0.2, -0.15) is 0 Å². The first-order chi connectivity index (χ1) is 14.1. The second-order valence-corrected chi connectivity index (χ2v) is 8.24. The first-order valence-corrected chi connectivity index (χ1v) is 11.2. The summed E-state index contributed by atoms with van der Waals surface area (Å²) >= 11 is 6.06. The number of halogens is 1. The van der Waals surface area contributed by atoms with Gasteiger partial charge in [-0.3, -0.25) is 14.5 Å². The van der Waals surface area contributed by atoms with Crippen molar-refractivity contribution < 1.29 is 14.3 Å². The molecule has 0 saturated carbocycles. The minimum absolute atomic E-state index is 0.159. The summed E-state index contributed by atoms with van der Waals surface area (Å²) in [5.74, 6) is 1.05. The Morgan fingerprint density at radius 2 is 1.52 bits per heavy atom. The number of amides is 2. The summed E-state index contributed by atoms with van der Waals surface area (Å²) in [5, 5.41) is 0.588. The molecule has 2 aliphatic heterocycles. The Balaban J connectivity index is 1.31. The van der Waals surface area contributed by atoms with Crippen LogP contribution >= 0.6 is 11.6 Å². The molecule has 29 heavy (non-hydrogen) atoms. The van der Waals surface area contributed by atoms with Crippen LogP contribution in [0.25, 0.3) is 0 Å². The van der Waals surface area contributed by atoms with E-state index in [1.165, 1.54) is 12.8 Å². The highest BCUT2D eigenvalue weighted by Gasteiger charge is 2.24. The lowest BCUT2D eigenvalue weighted by atomic mass is 10.2. The Bertz CT molecular complexity index is 669. The smallest absolute Gasteiger partial charge is 0.236 e. The van der Waals surface area contributed by atoms with Crippen molar-refractivity contribution in [2.75, 3.05) is 52.4 Å². The fourth-order valence-electron chi connectivity index (χ4n) is 3.89. The number of hydrogen-bond acceptors (Lipinski definition) is 4. The third-order valence-corrected chi connectivity index (χ3v) is 5.98. The van der Waals surface area contributed by atoms with Gasteiger partial charge in [0.25, 0.3) is 0 Å². The highest BCUT2D eigenvalue weighted by Crippen LogP contribution is 2.23. The van der Waals surface area contributed by atoms with E-state index in [0.717, 1.165) is 39.0 Å². The number of rotatable bonds is 7. The standard InChI is InChI=1S/C22H32ClN3O3/c23-19-8-3-4-9-20(19)29-17-7-10-21(27)26-15-13-24(14-16-26)18-22(28)25-11-5-1-2-6-12-25/h3-4,8-9H,1-2,5-7,10-18H2. The number of hydrogen-bond donors (Lipinski definition) is 0. The maximum absolute atomic E-state index is 12.5. The van der Waals surface area contributed by atoms with Gasteiger partial charge in [0, 0.05) is 45.7 Å². The molecule has 2 amide bonds. The van der Waals surface area contributed by atoms with Crippen molar-refractivity contribution in [2.24, 2.45) is 0 Å². The fraction of sp³-hybridized carbons (Fsp3) is 0.636. The Labute approximate surface area is 178 Å². The van der Waals surface area contributed by atoms with E-state index in [-0.39, 0.29) is 11.8 Å². The van der Waals surface area contributed by atoms with Crippen molar-refractivity contribution in [3.63, 3.8) is 0 Å². The topological polar surface area (TPSA) is 53.1 Å². The van der Waals surface area contributed by atoms with Gasteiger partial charge in [0.15, 0.2) is 0 Å². The van der Waals surface area contributed by atoms with Crippen LogP contribution in [0.1, 0.15) is 38.5 Å². The molecular weight excluding hydrogens is 390 g/mol. The zero-order valence-electron chi connectivity index (χ0n) is 17.2. The van der Waals surface area contributed by atoms with Crippen LogP contribution < -0.4 is 4.74 Å². The second-order valence-electron chi connectivity index (χ2n) is 7.83. The molecular formula is C22H32ClN3O3. The first-order valence-electron chi connectivity index (χ1n) is 10.8. The van der Waals surface area contributed by atoms with Crippen LogP contribution in [0, 0.1) is 0 Å². The SMILES string of the molecule is O=C(CCCOc1ccccc1Cl)N1CCN(CC(=O)N2CCCCCC2)CC1. The van der Waals surface area contributed by atoms with Crippen LogP contribution in [0.4, 0.5) is 0 Å².